The third-order valence-electron chi connectivity index (χ3n) is 2.06. The molecule has 0 unspecified atom stereocenters. The van der Waals surface area contributed by atoms with Gasteiger partial charge in [-0.2, -0.15) is 0 Å². The summed E-state index contributed by atoms with van der Waals surface area (Å²) in [6, 6.07) is 0. The number of esters is 1. The molecule has 0 aromatic heterocycles. The van der Waals surface area contributed by atoms with Crippen molar-refractivity contribution in [1.82, 2.24) is 0 Å². The van der Waals surface area contributed by atoms with Gasteiger partial charge in [0.1, 0.15) is 5.60 Å². The fourth-order valence-corrected chi connectivity index (χ4v) is 1.31. The van der Waals surface area contributed by atoms with E-state index in [1.807, 2.05) is 0 Å². The first kappa shape index (κ1) is 14.4. The Morgan fingerprint density at radius 3 is 2.12 bits per heavy atom. The van der Waals surface area contributed by atoms with E-state index in [2.05, 4.69) is 13.2 Å². The molecule has 0 atom stereocenters. The fraction of sp³-hybridized carbons (Fsp3) is 0.500. The van der Waals surface area contributed by atoms with Gasteiger partial charge in [0.2, 0.25) is 0 Å². The number of aliphatic carboxylic acids is 1. The van der Waals surface area contributed by atoms with Gasteiger partial charge >= 0.3 is 11.9 Å². The van der Waals surface area contributed by atoms with Gasteiger partial charge in [-0.15, -0.1) is 13.2 Å². The quantitative estimate of drug-likeness (QED) is 0.509. The van der Waals surface area contributed by atoms with E-state index in [0.717, 1.165) is 0 Å². The van der Waals surface area contributed by atoms with E-state index in [4.69, 9.17) is 9.84 Å². The summed E-state index contributed by atoms with van der Waals surface area (Å²) in [6.45, 7) is 8.95. The lowest BCUT2D eigenvalue weighted by Crippen LogP contribution is -2.30. The number of hydrogen-bond donors (Lipinski definition) is 1. The lowest BCUT2D eigenvalue weighted by Gasteiger charge is -2.27. The number of carbonyl (C=O) groups is 2. The zero-order chi connectivity index (χ0) is 12.6. The third-order valence-corrected chi connectivity index (χ3v) is 2.06. The molecule has 0 aliphatic carbocycles. The van der Waals surface area contributed by atoms with Gasteiger partial charge in [0.25, 0.3) is 0 Å². The molecule has 0 fully saturated rings. The van der Waals surface area contributed by atoms with Gasteiger partial charge < -0.3 is 9.84 Å². The number of carboxylic acids is 1. The first-order chi connectivity index (χ1) is 7.43. The van der Waals surface area contributed by atoms with E-state index in [1.165, 1.54) is 0 Å². The second-order valence-corrected chi connectivity index (χ2v) is 3.80. The van der Waals surface area contributed by atoms with E-state index < -0.39 is 17.5 Å². The molecule has 0 saturated carbocycles. The summed E-state index contributed by atoms with van der Waals surface area (Å²) in [4.78, 5) is 21.6. The monoisotopic (exact) mass is 226 g/mol. The predicted octanol–water partition coefficient (Wildman–Crippen LogP) is 2.31. The van der Waals surface area contributed by atoms with E-state index in [-0.39, 0.29) is 12.8 Å². The lowest BCUT2D eigenvalue weighted by atomic mass is 9.98. The minimum absolute atomic E-state index is 0.112. The van der Waals surface area contributed by atoms with Gasteiger partial charge in [0.05, 0.1) is 12.8 Å². The van der Waals surface area contributed by atoms with Gasteiger partial charge in [-0.05, 0) is 6.92 Å². The Hall–Kier alpha value is -1.58. The average Bonchev–Trinajstić information content (AvgIpc) is 2.15. The molecular weight excluding hydrogens is 208 g/mol. The zero-order valence-corrected chi connectivity index (χ0v) is 9.57. The first-order valence-corrected chi connectivity index (χ1v) is 5.09. The molecule has 0 aromatic carbocycles. The van der Waals surface area contributed by atoms with Crippen LogP contribution in [0.2, 0.25) is 0 Å². The molecule has 0 spiro atoms. The summed E-state index contributed by atoms with van der Waals surface area (Å²) in [7, 11) is 0. The molecule has 0 amide bonds. The molecule has 90 valence electrons. The van der Waals surface area contributed by atoms with E-state index in [9.17, 15) is 9.59 Å². The van der Waals surface area contributed by atoms with Crippen molar-refractivity contribution in [3.8, 4) is 0 Å². The van der Waals surface area contributed by atoms with Crippen molar-refractivity contribution >= 4 is 11.9 Å². The standard InChI is InChI=1S/C12H18O4/c1-4-8-12(3,9-5-2)16-11(15)7-6-10(13)14/h4-5H,1-2,6-9H2,3H3,(H,13,14). The molecule has 0 heterocycles. The Bertz CT molecular complexity index is 271. The van der Waals surface area contributed by atoms with Gasteiger partial charge in [-0.1, -0.05) is 12.2 Å². The molecule has 0 bridgehead atoms. The van der Waals surface area contributed by atoms with E-state index >= 15 is 0 Å². The molecule has 0 radical (unpaired) electrons. The maximum atomic E-state index is 11.4. The molecule has 1 N–H and O–H groups in total. The highest BCUT2D eigenvalue weighted by Gasteiger charge is 2.25. The van der Waals surface area contributed by atoms with Crippen LogP contribution in [0, 0.1) is 0 Å². The van der Waals surface area contributed by atoms with Crippen molar-refractivity contribution in [2.24, 2.45) is 0 Å². The summed E-state index contributed by atoms with van der Waals surface area (Å²) in [6.07, 6.45) is 4.02. The number of rotatable bonds is 8. The smallest absolute Gasteiger partial charge is 0.306 e. The Morgan fingerprint density at radius 1 is 1.25 bits per heavy atom. The molecule has 4 nitrogen and oxygen atoms in total. The van der Waals surface area contributed by atoms with Gasteiger partial charge in [0, 0.05) is 12.8 Å². The second-order valence-electron chi connectivity index (χ2n) is 3.80. The van der Waals surface area contributed by atoms with Crippen LogP contribution in [-0.2, 0) is 14.3 Å². The predicted molar refractivity (Wildman–Crippen MR) is 61.0 cm³/mol. The lowest BCUT2D eigenvalue weighted by molar-refractivity contribution is -0.159. The molecular formula is C12H18O4. The fourth-order valence-electron chi connectivity index (χ4n) is 1.31. The number of carbonyl (C=O) groups excluding carboxylic acids is 1. The molecule has 16 heavy (non-hydrogen) atoms. The van der Waals surface area contributed by atoms with Crippen molar-refractivity contribution in [2.45, 2.75) is 38.2 Å². The first-order valence-electron chi connectivity index (χ1n) is 5.09. The SMILES string of the molecule is C=CCC(C)(CC=C)OC(=O)CCC(=O)O. The Morgan fingerprint density at radius 2 is 1.75 bits per heavy atom. The van der Waals surface area contributed by atoms with Crippen LogP contribution in [0.15, 0.2) is 25.3 Å². The summed E-state index contributed by atoms with van der Waals surface area (Å²) in [5.74, 6) is -1.51. The maximum Gasteiger partial charge on any atom is 0.306 e. The van der Waals surface area contributed by atoms with Crippen molar-refractivity contribution < 1.29 is 19.4 Å². The minimum atomic E-state index is -1.01. The summed E-state index contributed by atoms with van der Waals surface area (Å²) in [5.41, 5.74) is -0.668. The number of hydrogen-bond acceptors (Lipinski definition) is 3. The van der Waals surface area contributed by atoms with Crippen LogP contribution < -0.4 is 0 Å². The molecule has 0 aliphatic rings. The van der Waals surface area contributed by atoms with Crippen molar-refractivity contribution in [3.05, 3.63) is 25.3 Å². The number of ether oxygens (including phenoxy) is 1. The zero-order valence-electron chi connectivity index (χ0n) is 9.57. The largest absolute Gasteiger partial charge is 0.481 e. The van der Waals surface area contributed by atoms with Crippen LogP contribution in [0.25, 0.3) is 0 Å². The summed E-state index contributed by atoms with van der Waals surface area (Å²) in [5, 5.41) is 8.43. The van der Waals surface area contributed by atoms with Crippen LogP contribution in [0.3, 0.4) is 0 Å². The molecule has 0 rings (SSSR count). The third kappa shape index (κ3) is 6.01. The maximum absolute atomic E-state index is 11.4. The second kappa shape index (κ2) is 6.82. The molecule has 0 aliphatic heterocycles. The van der Waals surface area contributed by atoms with Crippen molar-refractivity contribution in [3.63, 3.8) is 0 Å². The Balaban J connectivity index is 4.27. The summed E-state index contributed by atoms with van der Waals surface area (Å²) < 4.78 is 5.22. The van der Waals surface area contributed by atoms with Crippen LogP contribution in [0.4, 0.5) is 0 Å². The van der Waals surface area contributed by atoms with E-state index in [0.29, 0.717) is 12.8 Å². The van der Waals surface area contributed by atoms with Crippen LogP contribution in [-0.4, -0.2) is 22.6 Å². The minimum Gasteiger partial charge on any atom is -0.481 e. The molecule has 0 saturated heterocycles. The Kier molecular flexibility index (Phi) is 6.15. The number of carboxylic acid groups (broad SMARTS) is 1. The highest BCUT2D eigenvalue weighted by atomic mass is 16.6. The van der Waals surface area contributed by atoms with Crippen molar-refractivity contribution in [2.75, 3.05) is 0 Å². The normalized spacial score (nSPS) is 10.6. The molecule has 0 aromatic rings. The van der Waals surface area contributed by atoms with Crippen LogP contribution >= 0.6 is 0 Å². The Labute approximate surface area is 95.6 Å². The van der Waals surface area contributed by atoms with Crippen LogP contribution in [0.5, 0.6) is 0 Å². The van der Waals surface area contributed by atoms with Crippen LogP contribution in [0.1, 0.15) is 32.6 Å². The van der Waals surface area contributed by atoms with Gasteiger partial charge in [0.15, 0.2) is 0 Å². The van der Waals surface area contributed by atoms with Gasteiger partial charge in [-0.3, -0.25) is 9.59 Å². The highest BCUT2D eigenvalue weighted by Crippen LogP contribution is 2.22. The van der Waals surface area contributed by atoms with E-state index in [1.54, 1.807) is 19.1 Å². The molecule has 4 heteroatoms. The summed E-state index contributed by atoms with van der Waals surface area (Å²) >= 11 is 0. The highest BCUT2D eigenvalue weighted by molar-refractivity contribution is 5.76. The average molecular weight is 226 g/mol. The topological polar surface area (TPSA) is 63.6 Å². The van der Waals surface area contributed by atoms with Gasteiger partial charge in [-0.25, -0.2) is 0 Å². The van der Waals surface area contributed by atoms with Crippen molar-refractivity contribution in [1.29, 1.82) is 0 Å².